The van der Waals surface area contributed by atoms with E-state index in [-0.39, 0.29) is 30.1 Å². The van der Waals surface area contributed by atoms with Crippen LogP contribution in [0.25, 0.3) is 10.2 Å². The lowest BCUT2D eigenvalue weighted by Gasteiger charge is -2.35. The molecule has 0 spiro atoms. The second kappa shape index (κ2) is 8.84. The Labute approximate surface area is 192 Å². The highest BCUT2D eigenvalue weighted by Crippen LogP contribution is 2.47. The number of amides is 2. The molecule has 9 heteroatoms. The van der Waals surface area contributed by atoms with E-state index in [9.17, 15) is 9.59 Å². The first-order valence-corrected chi connectivity index (χ1v) is 12.1. The van der Waals surface area contributed by atoms with Gasteiger partial charge in [0.05, 0.1) is 5.39 Å². The molecule has 0 aliphatic heterocycles. The maximum Gasteiger partial charge on any atom is 0.410 e. The number of ether oxygens (including phenoxy) is 2. The highest BCUT2D eigenvalue weighted by atomic mass is 32.1. The highest BCUT2D eigenvalue weighted by Gasteiger charge is 2.33. The van der Waals surface area contributed by atoms with Crippen LogP contribution in [0.3, 0.4) is 0 Å². The summed E-state index contributed by atoms with van der Waals surface area (Å²) in [6.45, 7) is 5.63. The minimum atomic E-state index is -0.503. The first-order valence-electron chi connectivity index (χ1n) is 11.3. The summed E-state index contributed by atoms with van der Waals surface area (Å²) in [5.41, 5.74) is 6.14. The minimum Gasteiger partial charge on any atom is -0.474 e. The molecule has 0 saturated heterocycles. The van der Waals surface area contributed by atoms with Crippen LogP contribution >= 0.6 is 11.3 Å². The van der Waals surface area contributed by atoms with Crippen molar-refractivity contribution in [1.29, 1.82) is 0 Å². The van der Waals surface area contributed by atoms with Gasteiger partial charge in [-0.15, -0.1) is 11.3 Å². The number of carbonyl (C=O) groups excluding carboxylic acids is 2. The Balaban J connectivity index is 1.44. The van der Waals surface area contributed by atoms with Crippen molar-refractivity contribution in [2.24, 2.45) is 5.73 Å². The maximum atomic E-state index is 12.4. The number of aromatic nitrogens is 2. The lowest BCUT2D eigenvalue weighted by atomic mass is 9.92. The molecule has 1 fully saturated rings. The van der Waals surface area contributed by atoms with Crippen molar-refractivity contribution >= 4 is 33.6 Å². The molecule has 1 saturated carbocycles. The van der Waals surface area contributed by atoms with Crippen molar-refractivity contribution in [2.45, 2.75) is 89.4 Å². The van der Waals surface area contributed by atoms with E-state index in [0.717, 1.165) is 54.3 Å². The van der Waals surface area contributed by atoms with Crippen molar-refractivity contribution in [3.63, 3.8) is 0 Å². The molecule has 2 amide bonds. The monoisotopic (exact) mass is 460 g/mol. The standard InChI is InChI=1S/C23H32N4O4S/c1-23(2,3)31-22(29)27(4)14-6-8-15(9-7-14)30-20-19-18-13(11-17(24)28)5-10-16(18)32-21(19)26-12-25-20/h12-15H,5-11H2,1-4H3,(H2,24,28)/t13-,14?,15?/m1/s1. The molecule has 0 radical (unpaired) electrons. The molecule has 2 aromatic rings. The highest BCUT2D eigenvalue weighted by molar-refractivity contribution is 7.19. The smallest absolute Gasteiger partial charge is 0.410 e. The van der Waals surface area contributed by atoms with Crippen LogP contribution in [0.1, 0.15) is 75.7 Å². The summed E-state index contributed by atoms with van der Waals surface area (Å²) in [5.74, 6) is 0.435. The number of hydrogen-bond acceptors (Lipinski definition) is 7. The van der Waals surface area contributed by atoms with Gasteiger partial charge in [0, 0.05) is 24.4 Å². The second-order valence-corrected chi connectivity index (χ2v) is 10.9. The van der Waals surface area contributed by atoms with Gasteiger partial charge in [-0.05, 0) is 70.8 Å². The van der Waals surface area contributed by atoms with E-state index in [1.54, 1.807) is 29.6 Å². The van der Waals surface area contributed by atoms with E-state index in [4.69, 9.17) is 15.2 Å². The van der Waals surface area contributed by atoms with E-state index >= 15 is 0 Å². The molecule has 2 aliphatic carbocycles. The normalized spacial score (nSPS) is 23.1. The number of nitrogens with zero attached hydrogens (tertiary/aromatic N) is 3. The molecule has 0 unspecified atom stereocenters. The number of carbonyl (C=O) groups is 2. The van der Waals surface area contributed by atoms with Crippen molar-refractivity contribution in [2.75, 3.05) is 7.05 Å². The lowest BCUT2D eigenvalue weighted by molar-refractivity contribution is -0.118. The van der Waals surface area contributed by atoms with Crippen LogP contribution in [0.2, 0.25) is 0 Å². The number of hydrogen-bond donors (Lipinski definition) is 1. The van der Waals surface area contributed by atoms with Gasteiger partial charge in [-0.3, -0.25) is 4.79 Å². The number of fused-ring (bicyclic) bond motifs is 3. The van der Waals surface area contributed by atoms with Crippen LogP contribution < -0.4 is 10.5 Å². The SMILES string of the molecule is CN(C(=O)OC(C)(C)C)C1CCC(Oc2ncnc3sc4c(c23)[C@@H](CC(N)=O)CC4)CC1. The lowest BCUT2D eigenvalue weighted by Crippen LogP contribution is -2.43. The van der Waals surface area contributed by atoms with E-state index in [0.29, 0.717) is 12.3 Å². The Kier molecular flexibility index (Phi) is 6.29. The molecule has 2 N–H and O–H groups in total. The van der Waals surface area contributed by atoms with Crippen LogP contribution in [0.4, 0.5) is 4.79 Å². The Hall–Kier alpha value is -2.42. The fraction of sp³-hybridized carbons (Fsp3) is 0.652. The zero-order chi connectivity index (χ0) is 23.0. The van der Waals surface area contributed by atoms with E-state index in [2.05, 4.69) is 9.97 Å². The molecule has 2 heterocycles. The van der Waals surface area contributed by atoms with E-state index in [1.165, 1.54) is 4.88 Å². The van der Waals surface area contributed by atoms with E-state index in [1.807, 2.05) is 20.8 Å². The van der Waals surface area contributed by atoms with Gasteiger partial charge in [-0.2, -0.15) is 0 Å². The molecule has 2 aliphatic rings. The molecule has 0 aromatic carbocycles. The van der Waals surface area contributed by atoms with Crippen LogP contribution in [-0.2, 0) is 16.0 Å². The summed E-state index contributed by atoms with van der Waals surface area (Å²) >= 11 is 1.66. The van der Waals surface area contributed by atoms with Gasteiger partial charge in [0.1, 0.15) is 22.9 Å². The van der Waals surface area contributed by atoms with Crippen LogP contribution in [0.5, 0.6) is 5.88 Å². The number of rotatable bonds is 5. The molecular formula is C23H32N4O4S. The average molecular weight is 461 g/mol. The predicted molar refractivity (Wildman–Crippen MR) is 123 cm³/mol. The van der Waals surface area contributed by atoms with Crippen LogP contribution in [0.15, 0.2) is 6.33 Å². The number of aryl methyl sites for hydroxylation is 1. The van der Waals surface area contributed by atoms with E-state index < -0.39 is 5.60 Å². The zero-order valence-corrected chi connectivity index (χ0v) is 20.0. The summed E-state index contributed by atoms with van der Waals surface area (Å²) in [4.78, 5) is 36.7. The van der Waals surface area contributed by atoms with Crippen molar-refractivity contribution in [1.82, 2.24) is 14.9 Å². The molecular weight excluding hydrogens is 428 g/mol. The predicted octanol–water partition coefficient (Wildman–Crippen LogP) is 4.15. The molecule has 0 bridgehead atoms. The Morgan fingerprint density at radius 1 is 1.19 bits per heavy atom. The van der Waals surface area contributed by atoms with Crippen molar-refractivity contribution in [3.05, 3.63) is 16.8 Å². The van der Waals surface area contributed by atoms with Gasteiger partial charge in [0.15, 0.2) is 0 Å². The van der Waals surface area contributed by atoms with Gasteiger partial charge < -0.3 is 20.1 Å². The van der Waals surface area contributed by atoms with Gasteiger partial charge in [-0.25, -0.2) is 14.8 Å². The summed E-state index contributed by atoms with van der Waals surface area (Å²) < 4.78 is 11.9. The Morgan fingerprint density at radius 2 is 1.91 bits per heavy atom. The van der Waals surface area contributed by atoms with Gasteiger partial charge in [-0.1, -0.05) is 0 Å². The molecule has 32 heavy (non-hydrogen) atoms. The molecule has 174 valence electrons. The van der Waals surface area contributed by atoms with Crippen LogP contribution in [0, 0.1) is 0 Å². The molecule has 1 atom stereocenters. The quantitative estimate of drug-likeness (QED) is 0.718. The van der Waals surface area contributed by atoms with Crippen LogP contribution in [-0.4, -0.2) is 51.7 Å². The van der Waals surface area contributed by atoms with Crippen molar-refractivity contribution < 1.29 is 19.1 Å². The van der Waals surface area contributed by atoms with Gasteiger partial charge >= 0.3 is 6.09 Å². The number of primary amides is 1. The fourth-order valence-electron chi connectivity index (χ4n) is 4.77. The second-order valence-electron chi connectivity index (χ2n) is 9.84. The zero-order valence-electron chi connectivity index (χ0n) is 19.2. The Morgan fingerprint density at radius 3 is 2.56 bits per heavy atom. The average Bonchev–Trinajstić information content (AvgIpc) is 3.26. The maximum absolute atomic E-state index is 12.4. The fourth-order valence-corrected chi connectivity index (χ4v) is 6.00. The molecule has 8 nitrogen and oxygen atoms in total. The molecule has 4 rings (SSSR count). The minimum absolute atomic E-state index is 0.0305. The van der Waals surface area contributed by atoms with Gasteiger partial charge in [0.25, 0.3) is 0 Å². The number of nitrogens with two attached hydrogens (primary N) is 1. The topological polar surface area (TPSA) is 108 Å². The first-order chi connectivity index (χ1) is 15.1. The third-order valence-corrected chi connectivity index (χ3v) is 7.47. The Bertz CT molecular complexity index is 1010. The number of thiophene rings is 1. The third-order valence-electron chi connectivity index (χ3n) is 6.29. The largest absolute Gasteiger partial charge is 0.474 e. The van der Waals surface area contributed by atoms with Gasteiger partial charge in [0.2, 0.25) is 11.8 Å². The third kappa shape index (κ3) is 4.82. The summed E-state index contributed by atoms with van der Waals surface area (Å²) in [6, 6.07) is 0.139. The summed E-state index contributed by atoms with van der Waals surface area (Å²) in [6.07, 6.45) is 6.87. The first kappa shape index (κ1) is 22.8. The van der Waals surface area contributed by atoms with Crippen molar-refractivity contribution in [3.8, 4) is 5.88 Å². The molecule has 2 aromatic heterocycles. The summed E-state index contributed by atoms with van der Waals surface area (Å²) in [5, 5.41) is 0.948. The summed E-state index contributed by atoms with van der Waals surface area (Å²) in [7, 11) is 1.81.